The summed E-state index contributed by atoms with van der Waals surface area (Å²) in [5.41, 5.74) is 0.620. The molecule has 1 aliphatic rings. The monoisotopic (exact) mass is 374 g/mol. The number of carbonyl (C=O) groups excluding carboxylic acids is 1. The van der Waals surface area contributed by atoms with E-state index in [0.29, 0.717) is 15.6 Å². The molecule has 0 bridgehead atoms. The van der Waals surface area contributed by atoms with Gasteiger partial charge in [-0.15, -0.1) is 0 Å². The molecular formula is C20H23ClN2OS. The van der Waals surface area contributed by atoms with Gasteiger partial charge in [0.25, 0.3) is 5.91 Å². The van der Waals surface area contributed by atoms with Crippen molar-refractivity contribution in [3.05, 3.63) is 53.2 Å². The molecule has 1 heterocycles. The van der Waals surface area contributed by atoms with Gasteiger partial charge in [0.15, 0.2) is 0 Å². The van der Waals surface area contributed by atoms with Gasteiger partial charge in [-0.1, -0.05) is 67.6 Å². The molecule has 0 aliphatic heterocycles. The van der Waals surface area contributed by atoms with Crippen molar-refractivity contribution >= 4 is 29.3 Å². The van der Waals surface area contributed by atoms with Crippen LogP contribution in [0.4, 0.5) is 0 Å². The Bertz CT molecular complexity index is 714. The normalized spacial score (nSPS) is 16.0. The van der Waals surface area contributed by atoms with E-state index < -0.39 is 0 Å². The fraction of sp³-hybridized carbons (Fsp3) is 0.400. The first-order chi connectivity index (χ1) is 12.2. The number of benzene rings is 1. The average Bonchev–Trinajstić information content (AvgIpc) is 2.59. The summed E-state index contributed by atoms with van der Waals surface area (Å²) in [7, 11) is 0. The zero-order chi connectivity index (χ0) is 17.5. The number of amides is 1. The van der Waals surface area contributed by atoms with Gasteiger partial charge in [-0.2, -0.15) is 0 Å². The van der Waals surface area contributed by atoms with Crippen LogP contribution in [0.1, 0.15) is 55.3 Å². The predicted octanol–water partition coefficient (Wildman–Crippen LogP) is 5.73. The predicted molar refractivity (Wildman–Crippen MR) is 103 cm³/mol. The van der Waals surface area contributed by atoms with E-state index in [4.69, 9.17) is 11.6 Å². The number of rotatable bonds is 4. The fourth-order valence-electron chi connectivity index (χ4n) is 3.14. The molecule has 2 aromatic rings. The van der Waals surface area contributed by atoms with Crippen LogP contribution in [-0.2, 0) is 0 Å². The van der Waals surface area contributed by atoms with Crippen molar-refractivity contribution in [2.75, 3.05) is 0 Å². The van der Waals surface area contributed by atoms with Gasteiger partial charge in [-0.25, -0.2) is 4.98 Å². The van der Waals surface area contributed by atoms with Gasteiger partial charge in [0.05, 0.1) is 10.6 Å². The lowest BCUT2D eigenvalue weighted by atomic mass is 9.96. The Morgan fingerprint density at radius 2 is 1.76 bits per heavy atom. The summed E-state index contributed by atoms with van der Waals surface area (Å²) in [6.07, 6.45) is 10.1. The summed E-state index contributed by atoms with van der Waals surface area (Å²) < 4.78 is 0. The topological polar surface area (TPSA) is 42.0 Å². The molecule has 1 aliphatic carbocycles. The van der Waals surface area contributed by atoms with Crippen molar-refractivity contribution < 1.29 is 4.79 Å². The molecule has 0 saturated heterocycles. The molecule has 1 N–H and O–H groups in total. The number of nitrogens with one attached hydrogen (secondary N) is 1. The Balaban J connectivity index is 1.73. The molecule has 1 saturated carbocycles. The van der Waals surface area contributed by atoms with E-state index >= 15 is 0 Å². The summed E-state index contributed by atoms with van der Waals surface area (Å²) >= 11 is 7.68. The van der Waals surface area contributed by atoms with E-state index in [0.717, 1.165) is 17.7 Å². The van der Waals surface area contributed by atoms with Crippen molar-refractivity contribution in [1.29, 1.82) is 0 Å². The first-order valence-electron chi connectivity index (χ1n) is 8.92. The van der Waals surface area contributed by atoms with Crippen LogP contribution in [0, 0.1) is 0 Å². The maximum atomic E-state index is 12.8. The highest BCUT2D eigenvalue weighted by atomic mass is 35.5. The third-order valence-electron chi connectivity index (χ3n) is 4.50. The van der Waals surface area contributed by atoms with Gasteiger partial charge in [0.1, 0.15) is 5.03 Å². The van der Waals surface area contributed by atoms with Crippen LogP contribution < -0.4 is 5.32 Å². The third kappa shape index (κ3) is 5.23. The number of aromatic nitrogens is 1. The van der Waals surface area contributed by atoms with E-state index in [1.165, 1.54) is 43.9 Å². The summed E-state index contributed by atoms with van der Waals surface area (Å²) in [4.78, 5) is 18.1. The molecule has 0 radical (unpaired) electrons. The van der Waals surface area contributed by atoms with Crippen LogP contribution in [0.2, 0.25) is 5.02 Å². The first kappa shape index (κ1) is 18.3. The van der Waals surface area contributed by atoms with Crippen molar-refractivity contribution in [2.24, 2.45) is 0 Å². The number of carbonyl (C=O) groups is 1. The highest BCUT2D eigenvalue weighted by Gasteiger charge is 2.19. The van der Waals surface area contributed by atoms with Gasteiger partial charge in [0.2, 0.25) is 0 Å². The highest BCUT2D eigenvalue weighted by molar-refractivity contribution is 7.99. The lowest BCUT2D eigenvalue weighted by Crippen LogP contribution is -2.35. The zero-order valence-corrected chi connectivity index (χ0v) is 15.8. The summed E-state index contributed by atoms with van der Waals surface area (Å²) in [6, 6.07) is 11.5. The Kier molecular flexibility index (Phi) is 6.76. The van der Waals surface area contributed by atoms with Gasteiger partial charge >= 0.3 is 0 Å². The largest absolute Gasteiger partial charge is 0.349 e. The molecule has 25 heavy (non-hydrogen) atoms. The number of hydrogen-bond acceptors (Lipinski definition) is 3. The van der Waals surface area contributed by atoms with Crippen molar-refractivity contribution in [3.8, 4) is 0 Å². The summed E-state index contributed by atoms with van der Waals surface area (Å²) in [5, 5.41) is 4.58. The molecule has 132 valence electrons. The molecule has 5 heteroatoms. The molecule has 3 nitrogen and oxygen atoms in total. The first-order valence-corrected chi connectivity index (χ1v) is 10.1. The maximum absolute atomic E-state index is 12.8. The van der Waals surface area contributed by atoms with Crippen molar-refractivity contribution in [1.82, 2.24) is 10.3 Å². The number of halogens is 1. The molecule has 1 aromatic carbocycles. The minimum atomic E-state index is -0.0340. The van der Waals surface area contributed by atoms with Crippen molar-refractivity contribution in [2.45, 2.75) is 60.9 Å². The van der Waals surface area contributed by atoms with Crippen LogP contribution in [-0.4, -0.2) is 16.9 Å². The van der Waals surface area contributed by atoms with E-state index in [-0.39, 0.29) is 11.9 Å². The van der Waals surface area contributed by atoms with Gasteiger partial charge in [-0.3, -0.25) is 4.79 Å². The van der Waals surface area contributed by atoms with Crippen molar-refractivity contribution in [3.63, 3.8) is 0 Å². The molecule has 0 atom stereocenters. The Morgan fingerprint density at radius 1 is 1.04 bits per heavy atom. The smallest absolute Gasteiger partial charge is 0.254 e. The van der Waals surface area contributed by atoms with Crippen LogP contribution in [0.25, 0.3) is 0 Å². The molecular weight excluding hydrogens is 352 g/mol. The lowest BCUT2D eigenvalue weighted by Gasteiger charge is -2.21. The minimum Gasteiger partial charge on any atom is -0.349 e. The van der Waals surface area contributed by atoms with Crippen LogP contribution in [0.5, 0.6) is 0 Å². The Morgan fingerprint density at radius 3 is 2.52 bits per heavy atom. The van der Waals surface area contributed by atoms with Gasteiger partial charge in [0, 0.05) is 17.1 Å². The Hall–Kier alpha value is -1.52. The molecule has 3 rings (SSSR count). The second-order valence-corrected chi connectivity index (χ2v) is 7.84. The average molecular weight is 375 g/mol. The number of nitrogens with zero attached hydrogens (tertiary/aromatic N) is 1. The fourth-order valence-corrected chi connectivity index (χ4v) is 4.30. The summed E-state index contributed by atoms with van der Waals surface area (Å²) in [6.45, 7) is 0. The number of hydrogen-bond donors (Lipinski definition) is 1. The van der Waals surface area contributed by atoms with Gasteiger partial charge < -0.3 is 5.32 Å². The highest BCUT2D eigenvalue weighted by Crippen LogP contribution is 2.33. The SMILES string of the molecule is O=C(NC1CCCCCCC1)c1cccnc1Sc1ccccc1Cl. The molecule has 1 amide bonds. The Labute approximate surface area is 158 Å². The van der Waals surface area contributed by atoms with Crippen LogP contribution in [0.3, 0.4) is 0 Å². The van der Waals surface area contributed by atoms with Gasteiger partial charge in [-0.05, 0) is 37.1 Å². The lowest BCUT2D eigenvalue weighted by molar-refractivity contribution is 0.0926. The van der Waals surface area contributed by atoms with E-state index in [1.807, 2.05) is 36.4 Å². The van der Waals surface area contributed by atoms with Crippen LogP contribution >= 0.6 is 23.4 Å². The third-order valence-corrected chi connectivity index (χ3v) is 6.04. The molecule has 1 fully saturated rings. The number of pyridine rings is 1. The van der Waals surface area contributed by atoms with E-state index in [1.54, 1.807) is 6.20 Å². The minimum absolute atomic E-state index is 0.0340. The second kappa shape index (κ2) is 9.25. The van der Waals surface area contributed by atoms with Crippen LogP contribution in [0.15, 0.2) is 52.5 Å². The standard InChI is InChI=1S/C20H23ClN2OS/c21-17-12-6-7-13-18(17)25-20-16(11-8-14-22-20)19(24)23-15-9-4-2-1-3-5-10-15/h6-8,11-15H,1-5,9-10H2,(H,23,24). The molecule has 0 spiro atoms. The molecule has 1 aromatic heterocycles. The van der Waals surface area contributed by atoms with E-state index in [2.05, 4.69) is 10.3 Å². The maximum Gasteiger partial charge on any atom is 0.254 e. The second-order valence-electron chi connectivity index (χ2n) is 6.40. The quantitative estimate of drug-likeness (QED) is 0.743. The summed E-state index contributed by atoms with van der Waals surface area (Å²) in [5.74, 6) is -0.0340. The molecule has 0 unspecified atom stereocenters. The zero-order valence-electron chi connectivity index (χ0n) is 14.2. The van der Waals surface area contributed by atoms with E-state index in [9.17, 15) is 4.79 Å².